The Kier molecular flexibility index (Phi) is 5.50. The van der Waals surface area contributed by atoms with Crippen LogP contribution in [0.5, 0.6) is 0 Å². The largest absolute Gasteiger partial charge is 0.282 e. The molecule has 1 unspecified atom stereocenters. The van der Waals surface area contributed by atoms with Crippen LogP contribution in [0.2, 0.25) is 5.15 Å². The second-order valence-corrected chi connectivity index (χ2v) is 6.93. The van der Waals surface area contributed by atoms with Gasteiger partial charge in [0.2, 0.25) is 10.0 Å². The number of nitrogens with zero attached hydrogens (tertiary/aromatic N) is 1. The molecule has 1 rings (SSSR count). The molecule has 0 aliphatic carbocycles. The van der Waals surface area contributed by atoms with Gasteiger partial charge in [-0.25, -0.2) is 13.4 Å². The van der Waals surface area contributed by atoms with Crippen LogP contribution in [0, 0.1) is 5.92 Å². The van der Waals surface area contributed by atoms with Gasteiger partial charge in [0.25, 0.3) is 0 Å². The van der Waals surface area contributed by atoms with Gasteiger partial charge in [0.1, 0.15) is 5.15 Å². The fourth-order valence-electron chi connectivity index (χ4n) is 1.12. The monoisotopic (exact) mass is 360 g/mol. The molecule has 17 heavy (non-hydrogen) atoms. The van der Waals surface area contributed by atoms with Gasteiger partial charge in [-0.05, 0) is 27.9 Å². The van der Waals surface area contributed by atoms with Gasteiger partial charge in [0, 0.05) is 5.88 Å². The zero-order valence-corrected chi connectivity index (χ0v) is 12.9. The number of anilines is 1. The fourth-order valence-corrected chi connectivity index (χ4v) is 3.23. The number of pyridine rings is 1. The maximum atomic E-state index is 11.7. The third-order valence-electron chi connectivity index (χ3n) is 1.84. The summed E-state index contributed by atoms with van der Waals surface area (Å²) in [6, 6.07) is 1.55. The molecule has 0 bridgehead atoms. The van der Waals surface area contributed by atoms with Gasteiger partial charge >= 0.3 is 0 Å². The van der Waals surface area contributed by atoms with Crippen molar-refractivity contribution in [1.29, 1.82) is 0 Å². The number of nitrogens with one attached hydrogen (secondary N) is 1. The maximum Gasteiger partial charge on any atom is 0.233 e. The Labute approximate surface area is 119 Å². The molecule has 0 aliphatic heterocycles. The van der Waals surface area contributed by atoms with E-state index >= 15 is 0 Å². The van der Waals surface area contributed by atoms with Crippen LogP contribution >= 0.6 is 39.1 Å². The van der Waals surface area contributed by atoms with Crippen LogP contribution in [0.4, 0.5) is 5.69 Å². The summed E-state index contributed by atoms with van der Waals surface area (Å²) in [5, 5.41) is 0.280. The van der Waals surface area contributed by atoms with E-state index in [0.29, 0.717) is 16.0 Å². The van der Waals surface area contributed by atoms with Crippen molar-refractivity contribution in [3.8, 4) is 0 Å². The van der Waals surface area contributed by atoms with E-state index in [1.807, 2.05) is 0 Å². The molecular formula is C9H11BrCl2N2O2S. The number of alkyl halides is 1. The Morgan fingerprint density at radius 1 is 1.59 bits per heavy atom. The van der Waals surface area contributed by atoms with Crippen LogP contribution in [0.25, 0.3) is 0 Å². The topological polar surface area (TPSA) is 59.1 Å². The second-order valence-electron chi connectivity index (χ2n) is 3.64. The predicted octanol–water partition coefficient (Wildman–Crippen LogP) is 3.11. The third-order valence-corrected chi connectivity index (χ3v) is 5.05. The van der Waals surface area contributed by atoms with E-state index in [9.17, 15) is 8.42 Å². The van der Waals surface area contributed by atoms with Gasteiger partial charge < -0.3 is 0 Å². The van der Waals surface area contributed by atoms with Crippen LogP contribution in [0.15, 0.2) is 16.7 Å². The van der Waals surface area contributed by atoms with E-state index in [2.05, 4.69) is 25.6 Å². The molecule has 8 heteroatoms. The molecule has 4 nitrogen and oxygen atoms in total. The van der Waals surface area contributed by atoms with E-state index in [4.69, 9.17) is 23.2 Å². The summed E-state index contributed by atoms with van der Waals surface area (Å²) in [6.45, 7) is 1.77. The smallest absolute Gasteiger partial charge is 0.233 e. The highest BCUT2D eigenvalue weighted by Crippen LogP contribution is 2.23. The highest BCUT2D eigenvalue weighted by molar-refractivity contribution is 9.10. The fraction of sp³-hybridized carbons (Fsp3) is 0.444. The summed E-state index contributed by atoms with van der Waals surface area (Å²) in [5.74, 6) is 0.151. The van der Waals surface area contributed by atoms with E-state index in [1.165, 1.54) is 6.20 Å². The quantitative estimate of drug-likeness (QED) is 0.647. The molecule has 0 radical (unpaired) electrons. The molecule has 1 heterocycles. The molecule has 0 fully saturated rings. The molecule has 0 amide bonds. The van der Waals surface area contributed by atoms with Crippen molar-refractivity contribution < 1.29 is 8.42 Å². The lowest BCUT2D eigenvalue weighted by atomic mass is 10.3. The van der Waals surface area contributed by atoms with Crippen LogP contribution in [0.1, 0.15) is 6.92 Å². The van der Waals surface area contributed by atoms with Gasteiger partial charge in [-0.1, -0.05) is 18.5 Å². The highest BCUT2D eigenvalue weighted by atomic mass is 79.9. The number of aromatic nitrogens is 1. The third kappa shape index (κ3) is 4.99. The Morgan fingerprint density at radius 2 is 2.24 bits per heavy atom. The summed E-state index contributed by atoms with van der Waals surface area (Å²) in [7, 11) is -3.41. The lowest BCUT2D eigenvalue weighted by Gasteiger charge is -2.11. The van der Waals surface area contributed by atoms with Crippen LogP contribution in [-0.2, 0) is 10.0 Å². The first kappa shape index (κ1) is 15.0. The number of sulfonamides is 1. The molecular weight excluding hydrogens is 351 g/mol. The molecule has 1 atom stereocenters. The van der Waals surface area contributed by atoms with Crippen molar-refractivity contribution in [2.24, 2.45) is 5.92 Å². The highest BCUT2D eigenvalue weighted by Gasteiger charge is 2.15. The molecule has 0 aliphatic rings. The summed E-state index contributed by atoms with van der Waals surface area (Å²) in [6.07, 6.45) is 1.36. The van der Waals surface area contributed by atoms with Crippen LogP contribution in [0.3, 0.4) is 0 Å². The molecule has 1 aromatic rings. The van der Waals surface area contributed by atoms with Crippen molar-refractivity contribution in [1.82, 2.24) is 4.98 Å². The number of hydrogen-bond acceptors (Lipinski definition) is 3. The van der Waals surface area contributed by atoms with Crippen molar-refractivity contribution in [2.75, 3.05) is 16.4 Å². The van der Waals surface area contributed by atoms with Crippen LogP contribution in [-0.4, -0.2) is 25.0 Å². The van der Waals surface area contributed by atoms with Gasteiger partial charge in [-0.3, -0.25) is 4.72 Å². The van der Waals surface area contributed by atoms with E-state index in [0.717, 1.165) is 0 Å². The summed E-state index contributed by atoms with van der Waals surface area (Å²) >= 11 is 14.5. The van der Waals surface area contributed by atoms with E-state index < -0.39 is 10.0 Å². The van der Waals surface area contributed by atoms with E-state index in [1.54, 1.807) is 13.0 Å². The molecule has 0 saturated carbocycles. The Balaban J connectivity index is 2.80. The Bertz CT molecular complexity index is 496. The molecule has 0 aromatic carbocycles. The average Bonchev–Trinajstić information content (AvgIpc) is 2.22. The Hall–Kier alpha value is -0.0400. The molecule has 0 saturated heterocycles. The molecule has 0 spiro atoms. The number of hydrogen-bond donors (Lipinski definition) is 1. The van der Waals surface area contributed by atoms with Crippen molar-refractivity contribution in [3.05, 3.63) is 21.9 Å². The zero-order valence-electron chi connectivity index (χ0n) is 8.95. The molecule has 96 valence electrons. The SMILES string of the molecule is CC(CCl)CS(=O)(=O)Nc1cnc(Cl)c(Br)c1. The normalized spacial score (nSPS) is 13.4. The van der Waals surface area contributed by atoms with Gasteiger partial charge in [-0.2, -0.15) is 0 Å². The van der Waals surface area contributed by atoms with Crippen molar-refractivity contribution in [3.63, 3.8) is 0 Å². The summed E-state index contributed by atoms with van der Waals surface area (Å²) in [5.41, 5.74) is 0.364. The van der Waals surface area contributed by atoms with Gasteiger partial charge in [0.15, 0.2) is 0 Å². The lowest BCUT2D eigenvalue weighted by Crippen LogP contribution is -2.22. The first-order valence-electron chi connectivity index (χ1n) is 4.71. The first-order valence-corrected chi connectivity index (χ1v) is 8.07. The minimum Gasteiger partial charge on any atom is -0.282 e. The number of halogens is 3. The molecule has 1 aromatic heterocycles. The average molecular weight is 362 g/mol. The minimum absolute atomic E-state index is 0.0310. The zero-order chi connectivity index (χ0) is 13.1. The minimum atomic E-state index is -3.41. The second kappa shape index (κ2) is 6.22. The van der Waals surface area contributed by atoms with Crippen molar-refractivity contribution in [2.45, 2.75) is 6.92 Å². The Morgan fingerprint density at radius 3 is 2.76 bits per heavy atom. The number of rotatable bonds is 5. The predicted molar refractivity (Wildman–Crippen MR) is 74.2 cm³/mol. The van der Waals surface area contributed by atoms with Crippen molar-refractivity contribution >= 4 is 54.8 Å². The van der Waals surface area contributed by atoms with E-state index in [-0.39, 0.29) is 16.8 Å². The maximum absolute atomic E-state index is 11.7. The summed E-state index contributed by atoms with van der Waals surface area (Å²) in [4.78, 5) is 3.83. The van der Waals surface area contributed by atoms with Gasteiger partial charge in [0.05, 0.1) is 22.1 Å². The summed E-state index contributed by atoms with van der Waals surface area (Å²) < 4.78 is 26.4. The van der Waals surface area contributed by atoms with Gasteiger partial charge in [-0.15, -0.1) is 11.6 Å². The molecule has 1 N–H and O–H groups in total. The first-order chi connectivity index (χ1) is 7.84. The van der Waals surface area contributed by atoms with Crippen LogP contribution < -0.4 is 4.72 Å². The lowest BCUT2D eigenvalue weighted by molar-refractivity contribution is 0.588. The standard InChI is InChI=1S/C9H11BrCl2N2O2S/c1-6(3-11)5-17(15,16)14-7-2-8(10)9(12)13-4-7/h2,4,6,14H,3,5H2,1H3.